The summed E-state index contributed by atoms with van der Waals surface area (Å²) in [6.07, 6.45) is 1.47. The van der Waals surface area contributed by atoms with E-state index < -0.39 is 11.9 Å². The molecule has 152 valence electrons. The molecule has 7 nitrogen and oxygen atoms in total. The SMILES string of the molecule is COc1ccc(CN(C)C(=O)C(C)N2CCCC(C(=O)O)C2)cc1OC.Cl. The number of ether oxygens (including phenoxy) is 2. The molecule has 1 saturated heterocycles. The van der Waals surface area contributed by atoms with Gasteiger partial charge in [0.2, 0.25) is 5.91 Å². The third-order valence-electron chi connectivity index (χ3n) is 4.95. The van der Waals surface area contributed by atoms with E-state index in [-0.39, 0.29) is 24.4 Å². The summed E-state index contributed by atoms with van der Waals surface area (Å²) in [6.45, 7) is 3.46. The van der Waals surface area contributed by atoms with Crippen molar-refractivity contribution in [2.24, 2.45) is 5.92 Å². The predicted molar refractivity (Wildman–Crippen MR) is 105 cm³/mol. The van der Waals surface area contributed by atoms with Gasteiger partial charge >= 0.3 is 5.97 Å². The van der Waals surface area contributed by atoms with Crippen LogP contribution in [0.4, 0.5) is 0 Å². The van der Waals surface area contributed by atoms with E-state index in [1.807, 2.05) is 30.0 Å². The first-order valence-corrected chi connectivity index (χ1v) is 8.80. The minimum atomic E-state index is -0.784. The molecule has 1 aromatic carbocycles. The molecule has 1 aliphatic heterocycles. The molecule has 1 aliphatic rings. The zero-order chi connectivity index (χ0) is 19.3. The zero-order valence-electron chi connectivity index (χ0n) is 16.3. The Bertz CT molecular complexity index is 655. The average Bonchev–Trinajstić information content (AvgIpc) is 2.66. The monoisotopic (exact) mass is 400 g/mol. The first-order chi connectivity index (χ1) is 12.4. The lowest BCUT2D eigenvalue weighted by molar-refractivity contribution is -0.146. The van der Waals surface area contributed by atoms with Gasteiger partial charge in [0.25, 0.3) is 0 Å². The number of carboxylic acid groups (broad SMARTS) is 1. The highest BCUT2D eigenvalue weighted by Gasteiger charge is 2.31. The standard InChI is InChI=1S/C19H28N2O5.ClH/c1-13(21-9-5-6-15(12-21)19(23)24)18(22)20(2)11-14-7-8-16(25-3)17(10-14)26-4;/h7-8,10,13,15H,5-6,9,11-12H2,1-4H3,(H,23,24);1H. The molecule has 2 rings (SSSR count). The van der Waals surface area contributed by atoms with Gasteiger partial charge in [0.15, 0.2) is 11.5 Å². The van der Waals surface area contributed by atoms with Crippen LogP contribution in [0.15, 0.2) is 18.2 Å². The van der Waals surface area contributed by atoms with Crippen molar-refractivity contribution in [3.63, 3.8) is 0 Å². The van der Waals surface area contributed by atoms with Crippen molar-refractivity contribution >= 4 is 24.3 Å². The molecule has 1 fully saturated rings. The summed E-state index contributed by atoms with van der Waals surface area (Å²) in [5.74, 6) is 0.0693. The van der Waals surface area contributed by atoms with Crippen LogP contribution in [0, 0.1) is 5.92 Å². The number of piperidine rings is 1. The molecule has 0 saturated carbocycles. The van der Waals surface area contributed by atoms with Crippen LogP contribution in [0.5, 0.6) is 11.5 Å². The smallest absolute Gasteiger partial charge is 0.307 e. The molecule has 0 spiro atoms. The summed E-state index contributed by atoms with van der Waals surface area (Å²) in [6, 6.07) is 5.23. The van der Waals surface area contributed by atoms with E-state index in [1.165, 1.54) is 0 Å². The number of rotatable bonds is 7. The largest absolute Gasteiger partial charge is 0.493 e. The molecule has 0 aromatic heterocycles. The van der Waals surface area contributed by atoms with Gasteiger partial charge in [0.1, 0.15) is 0 Å². The van der Waals surface area contributed by atoms with E-state index in [9.17, 15) is 14.7 Å². The summed E-state index contributed by atoms with van der Waals surface area (Å²) < 4.78 is 10.5. The normalized spacial score (nSPS) is 18.1. The zero-order valence-corrected chi connectivity index (χ0v) is 17.1. The van der Waals surface area contributed by atoms with Crippen molar-refractivity contribution in [3.8, 4) is 11.5 Å². The number of hydrogen-bond acceptors (Lipinski definition) is 5. The Hall–Kier alpha value is -1.99. The van der Waals surface area contributed by atoms with E-state index in [0.717, 1.165) is 18.5 Å². The Balaban J connectivity index is 0.00000364. The molecule has 0 aliphatic carbocycles. The second-order valence-electron chi connectivity index (χ2n) is 6.73. The van der Waals surface area contributed by atoms with Crippen molar-refractivity contribution in [1.29, 1.82) is 0 Å². The molecule has 1 aromatic rings. The average molecular weight is 401 g/mol. The van der Waals surface area contributed by atoms with Gasteiger partial charge in [0.05, 0.1) is 26.2 Å². The lowest BCUT2D eigenvalue weighted by atomic mass is 9.97. The fourth-order valence-electron chi connectivity index (χ4n) is 3.37. The third-order valence-corrected chi connectivity index (χ3v) is 4.95. The minimum absolute atomic E-state index is 0. The molecule has 0 bridgehead atoms. The number of likely N-dealkylation sites (tertiary alicyclic amines) is 1. The minimum Gasteiger partial charge on any atom is -0.493 e. The van der Waals surface area contributed by atoms with E-state index in [2.05, 4.69) is 0 Å². The van der Waals surface area contributed by atoms with E-state index in [4.69, 9.17) is 9.47 Å². The van der Waals surface area contributed by atoms with Crippen molar-refractivity contribution in [2.45, 2.75) is 32.4 Å². The van der Waals surface area contributed by atoms with Crippen LogP contribution in [0.25, 0.3) is 0 Å². The quantitative estimate of drug-likeness (QED) is 0.756. The first-order valence-electron chi connectivity index (χ1n) is 8.80. The van der Waals surface area contributed by atoms with Crippen LogP contribution >= 0.6 is 12.4 Å². The number of hydrogen-bond donors (Lipinski definition) is 1. The number of carbonyl (C=O) groups excluding carboxylic acids is 1. The van der Waals surface area contributed by atoms with Crippen LogP contribution in [-0.2, 0) is 16.1 Å². The molecule has 2 atom stereocenters. The molecule has 2 unspecified atom stereocenters. The van der Waals surface area contributed by atoms with Gasteiger partial charge in [-0.3, -0.25) is 14.5 Å². The summed E-state index contributed by atoms with van der Waals surface area (Å²) in [4.78, 5) is 27.6. The Morgan fingerprint density at radius 1 is 1.30 bits per heavy atom. The van der Waals surface area contributed by atoms with Crippen LogP contribution in [0.3, 0.4) is 0 Å². The highest BCUT2D eigenvalue weighted by atomic mass is 35.5. The third kappa shape index (κ3) is 5.74. The number of methoxy groups -OCH3 is 2. The highest BCUT2D eigenvalue weighted by molar-refractivity contribution is 5.85. The Labute approximate surface area is 166 Å². The fourth-order valence-corrected chi connectivity index (χ4v) is 3.37. The van der Waals surface area contributed by atoms with Crippen molar-refractivity contribution in [1.82, 2.24) is 9.80 Å². The van der Waals surface area contributed by atoms with Gasteiger partial charge in [-0.25, -0.2) is 0 Å². The Kier molecular flexibility index (Phi) is 8.85. The van der Waals surface area contributed by atoms with Crippen molar-refractivity contribution in [2.75, 3.05) is 34.4 Å². The van der Waals surface area contributed by atoms with Gasteiger partial charge in [0, 0.05) is 20.1 Å². The highest BCUT2D eigenvalue weighted by Crippen LogP contribution is 2.28. The maximum absolute atomic E-state index is 12.8. The molecule has 1 heterocycles. The molecule has 1 N–H and O–H groups in total. The maximum Gasteiger partial charge on any atom is 0.307 e. The number of carboxylic acids is 1. The van der Waals surface area contributed by atoms with E-state index >= 15 is 0 Å². The summed E-state index contributed by atoms with van der Waals surface area (Å²) >= 11 is 0. The maximum atomic E-state index is 12.8. The Morgan fingerprint density at radius 2 is 1.96 bits per heavy atom. The second kappa shape index (κ2) is 10.4. The van der Waals surface area contributed by atoms with E-state index in [0.29, 0.717) is 31.0 Å². The summed E-state index contributed by atoms with van der Waals surface area (Å²) in [5, 5.41) is 9.23. The summed E-state index contributed by atoms with van der Waals surface area (Å²) in [5.41, 5.74) is 0.938. The van der Waals surface area contributed by atoms with Crippen molar-refractivity contribution in [3.05, 3.63) is 23.8 Å². The Morgan fingerprint density at radius 3 is 2.56 bits per heavy atom. The first kappa shape index (κ1) is 23.0. The van der Waals surface area contributed by atoms with Crippen LogP contribution < -0.4 is 9.47 Å². The van der Waals surface area contributed by atoms with Gasteiger partial charge in [-0.1, -0.05) is 6.07 Å². The lowest BCUT2D eigenvalue weighted by Crippen LogP contribution is -2.50. The van der Waals surface area contributed by atoms with Gasteiger partial charge in [-0.15, -0.1) is 12.4 Å². The molecule has 8 heteroatoms. The number of likely N-dealkylation sites (N-methyl/N-ethyl adjacent to an activating group) is 1. The van der Waals surface area contributed by atoms with Gasteiger partial charge in [-0.2, -0.15) is 0 Å². The predicted octanol–water partition coefficient (Wildman–Crippen LogP) is 2.27. The molecule has 0 radical (unpaired) electrons. The summed E-state index contributed by atoms with van der Waals surface area (Å²) in [7, 11) is 4.92. The second-order valence-corrected chi connectivity index (χ2v) is 6.73. The lowest BCUT2D eigenvalue weighted by Gasteiger charge is -2.36. The van der Waals surface area contributed by atoms with Crippen molar-refractivity contribution < 1.29 is 24.2 Å². The molecule has 1 amide bonds. The topological polar surface area (TPSA) is 79.3 Å². The number of halogens is 1. The number of nitrogens with zero attached hydrogens (tertiary/aromatic N) is 2. The van der Waals surface area contributed by atoms with Gasteiger partial charge in [-0.05, 0) is 44.0 Å². The van der Waals surface area contributed by atoms with Crippen LogP contribution in [0.1, 0.15) is 25.3 Å². The molecular weight excluding hydrogens is 372 g/mol. The van der Waals surface area contributed by atoms with E-state index in [1.54, 1.807) is 26.2 Å². The number of benzene rings is 1. The fraction of sp³-hybridized carbons (Fsp3) is 0.579. The molecular formula is C19H29ClN2O5. The van der Waals surface area contributed by atoms with Crippen LogP contribution in [0.2, 0.25) is 0 Å². The van der Waals surface area contributed by atoms with Crippen LogP contribution in [-0.4, -0.2) is 67.2 Å². The number of carbonyl (C=O) groups is 2. The molecule has 27 heavy (non-hydrogen) atoms. The van der Waals surface area contributed by atoms with Gasteiger partial charge < -0.3 is 19.5 Å². The number of aliphatic carboxylic acids is 1. The number of amides is 1.